The van der Waals surface area contributed by atoms with Crippen LogP contribution in [0.2, 0.25) is 0 Å². The molecule has 20 heavy (non-hydrogen) atoms. The minimum Gasteiger partial charge on any atom is -0.490 e. The predicted octanol–water partition coefficient (Wildman–Crippen LogP) is 3.22. The largest absolute Gasteiger partial charge is 0.490 e. The van der Waals surface area contributed by atoms with Gasteiger partial charge in [0.1, 0.15) is 0 Å². The van der Waals surface area contributed by atoms with Gasteiger partial charge in [0, 0.05) is 18.2 Å². The molecule has 0 bridgehead atoms. The van der Waals surface area contributed by atoms with Gasteiger partial charge in [0.25, 0.3) is 0 Å². The van der Waals surface area contributed by atoms with Crippen LogP contribution in [0, 0.1) is 5.82 Å². The molecule has 1 rings (SSSR count). The molecular formula is C16H27FN2O. The van der Waals surface area contributed by atoms with Crippen LogP contribution in [-0.2, 0) is 0 Å². The first kappa shape index (κ1) is 16.9. The molecule has 1 N–H and O–H groups in total. The lowest BCUT2D eigenvalue weighted by molar-refractivity contribution is 0.266. The van der Waals surface area contributed by atoms with Gasteiger partial charge in [0.15, 0.2) is 11.6 Å². The quantitative estimate of drug-likeness (QED) is 0.704. The van der Waals surface area contributed by atoms with E-state index in [1.54, 1.807) is 6.07 Å². The zero-order valence-electron chi connectivity index (χ0n) is 13.1. The van der Waals surface area contributed by atoms with E-state index in [4.69, 9.17) is 4.74 Å². The maximum Gasteiger partial charge on any atom is 0.165 e. The molecule has 1 unspecified atom stereocenters. The maximum absolute atomic E-state index is 14.0. The van der Waals surface area contributed by atoms with Gasteiger partial charge in [-0.05, 0) is 46.5 Å². The number of nitrogens with zero attached hydrogens (tertiary/aromatic N) is 1. The fourth-order valence-electron chi connectivity index (χ4n) is 2.04. The van der Waals surface area contributed by atoms with E-state index in [0.717, 1.165) is 31.5 Å². The SMILES string of the molecule is CCCNC(C)c1cccc(F)c1OCCCN(C)C. The maximum atomic E-state index is 14.0. The van der Waals surface area contributed by atoms with Gasteiger partial charge in [-0.15, -0.1) is 0 Å². The first-order valence-corrected chi connectivity index (χ1v) is 7.35. The summed E-state index contributed by atoms with van der Waals surface area (Å²) in [6.07, 6.45) is 1.94. The van der Waals surface area contributed by atoms with Gasteiger partial charge < -0.3 is 15.0 Å². The van der Waals surface area contributed by atoms with Crippen LogP contribution >= 0.6 is 0 Å². The Kier molecular flexibility index (Phi) is 7.55. The van der Waals surface area contributed by atoms with Crippen LogP contribution in [0.25, 0.3) is 0 Å². The number of para-hydroxylation sites is 1. The number of nitrogens with one attached hydrogen (secondary N) is 1. The van der Waals surface area contributed by atoms with Crippen LogP contribution in [0.1, 0.15) is 38.3 Å². The lowest BCUT2D eigenvalue weighted by Crippen LogP contribution is -2.21. The summed E-state index contributed by atoms with van der Waals surface area (Å²) in [4.78, 5) is 2.09. The number of benzene rings is 1. The van der Waals surface area contributed by atoms with Gasteiger partial charge in [0.2, 0.25) is 0 Å². The minimum atomic E-state index is -0.280. The van der Waals surface area contributed by atoms with Crippen molar-refractivity contribution < 1.29 is 9.13 Å². The van der Waals surface area contributed by atoms with Crippen molar-refractivity contribution in [2.45, 2.75) is 32.7 Å². The lowest BCUT2D eigenvalue weighted by atomic mass is 10.1. The third-order valence-electron chi connectivity index (χ3n) is 3.16. The predicted molar refractivity (Wildman–Crippen MR) is 81.8 cm³/mol. The molecule has 0 aliphatic rings. The van der Waals surface area contributed by atoms with Crippen LogP contribution in [0.5, 0.6) is 5.75 Å². The monoisotopic (exact) mass is 282 g/mol. The molecule has 4 heteroatoms. The summed E-state index contributed by atoms with van der Waals surface area (Å²) in [5.41, 5.74) is 0.892. The Bertz CT molecular complexity index is 396. The smallest absolute Gasteiger partial charge is 0.165 e. The second-order valence-electron chi connectivity index (χ2n) is 5.34. The molecule has 0 radical (unpaired) electrons. The second kappa shape index (κ2) is 8.93. The van der Waals surface area contributed by atoms with Crippen molar-refractivity contribution in [3.8, 4) is 5.75 Å². The Morgan fingerprint density at radius 1 is 1.35 bits per heavy atom. The van der Waals surface area contributed by atoms with Gasteiger partial charge in [0.05, 0.1) is 6.61 Å². The van der Waals surface area contributed by atoms with Crippen LogP contribution in [0.3, 0.4) is 0 Å². The second-order valence-corrected chi connectivity index (χ2v) is 5.34. The molecule has 0 aliphatic heterocycles. The highest BCUT2D eigenvalue weighted by atomic mass is 19.1. The third kappa shape index (κ3) is 5.47. The summed E-state index contributed by atoms with van der Waals surface area (Å²) in [5, 5.41) is 3.37. The van der Waals surface area contributed by atoms with Gasteiger partial charge in [-0.25, -0.2) is 4.39 Å². The summed E-state index contributed by atoms with van der Waals surface area (Å²) in [6, 6.07) is 5.21. The number of hydrogen-bond acceptors (Lipinski definition) is 3. The zero-order valence-corrected chi connectivity index (χ0v) is 13.1. The van der Waals surface area contributed by atoms with E-state index >= 15 is 0 Å². The van der Waals surface area contributed by atoms with E-state index in [0.29, 0.717) is 12.4 Å². The molecule has 114 valence electrons. The van der Waals surface area contributed by atoms with Crippen molar-refractivity contribution >= 4 is 0 Å². The standard InChI is InChI=1S/C16H27FN2O/c1-5-10-18-13(2)14-8-6-9-15(17)16(14)20-12-7-11-19(3)4/h6,8-9,13,18H,5,7,10-12H2,1-4H3. The Morgan fingerprint density at radius 3 is 2.75 bits per heavy atom. The van der Waals surface area contributed by atoms with E-state index in [1.807, 2.05) is 27.1 Å². The number of halogens is 1. The average Bonchev–Trinajstić information content (AvgIpc) is 2.41. The van der Waals surface area contributed by atoms with Crippen LogP contribution in [0.4, 0.5) is 4.39 Å². The average molecular weight is 282 g/mol. The van der Waals surface area contributed by atoms with E-state index < -0.39 is 0 Å². The van der Waals surface area contributed by atoms with Gasteiger partial charge in [-0.2, -0.15) is 0 Å². The topological polar surface area (TPSA) is 24.5 Å². The molecule has 0 aromatic heterocycles. The van der Waals surface area contributed by atoms with Crippen molar-refractivity contribution in [3.63, 3.8) is 0 Å². The molecule has 1 aromatic carbocycles. The fraction of sp³-hybridized carbons (Fsp3) is 0.625. The molecule has 0 saturated heterocycles. The third-order valence-corrected chi connectivity index (χ3v) is 3.16. The van der Waals surface area contributed by atoms with Crippen LogP contribution in [0.15, 0.2) is 18.2 Å². The lowest BCUT2D eigenvalue weighted by Gasteiger charge is -2.19. The molecular weight excluding hydrogens is 255 g/mol. The van der Waals surface area contributed by atoms with E-state index in [1.165, 1.54) is 6.07 Å². The normalized spacial score (nSPS) is 12.7. The van der Waals surface area contributed by atoms with Crippen molar-refractivity contribution in [2.24, 2.45) is 0 Å². The van der Waals surface area contributed by atoms with Gasteiger partial charge in [-0.1, -0.05) is 19.1 Å². The Labute approximate surface area is 122 Å². The highest BCUT2D eigenvalue weighted by Gasteiger charge is 2.15. The highest BCUT2D eigenvalue weighted by molar-refractivity contribution is 5.37. The van der Waals surface area contributed by atoms with Crippen LogP contribution in [-0.4, -0.2) is 38.7 Å². The van der Waals surface area contributed by atoms with Gasteiger partial charge in [-0.3, -0.25) is 0 Å². The molecule has 0 saturated carbocycles. The Balaban J connectivity index is 2.67. The summed E-state index contributed by atoms with van der Waals surface area (Å²) in [5.74, 6) is 0.111. The molecule has 1 aromatic rings. The highest BCUT2D eigenvalue weighted by Crippen LogP contribution is 2.28. The van der Waals surface area contributed by atoms with E-state index in [-0.39, 0.29) is 11.9 Å². The molecule has 1 atom stereocenters. The first-order valence-electron chi connectivity index (χ1n) is 7.35. The molecule has 0 spiro atoms. The molecule has 0 heterocycles. The molecule has 0 amide bonds. The van der Waals surface area contributed by atoms with Crippen molar-refractivity contribution in [2.75, 3.05) is 33.8 Å². The van der Waals surface area contributed by atoms with E-state index in [2.05, 4.69) is 17.1 Å². The summed E-state index contributed by atoms with van der Waals surface area (Å²) in [6.45, 7) is 6.54. The minimum absolute atomic E-state index is 0.0921. The molecule has 0 fully saturated rings. The Morgan fingerprint density at radius 2 is 2.10 bits per heavy atom. The molecule has 0 aliphatic carbocycles. The van der Waals surface area contributed by atoms with Gasteiger partial charge >= 0.3 is 0 Å². The number of hydrogen-bond donors (Lipinski definition) is 1. The molecule has 3 nitrogen and oxygen atoms in total. The number of rotatable bonds is 9. The Hall–Kier alpha value is -1.13. The van der Waals surface area contributed by atoms with Crippen LogP contribution < -0.4 is 10.1 Å². The van der Waals surface area contributed by atoms with Crippen molar-refractivity contribution in [1.82, 2.24) is 10.2 Å². The fourth-order valence-corrected chi connectivity index (χ4v) is 2.04. The summed E-state index contributed by atoms with van der Waals surface area (Å²) < 4.78 is 19.6. The summed E-state index contributed by atoms with van der Waals surface area (Å²) >= 11 is 0. The van der Waals surface area contributed by atoms with Crippen molar-refractivity contribution in [3.05, 3.63) is 29.6 Å². The van der Waals surface area contributed by atoms with Crippen molar-refractivity contribution in [1.29, 1.82) is 0 Å². The first-order chi connectivity index (χ1) is 9.56. The van der Waals surface area contributed by atoms with E-state index in [9.17, 15) is 4.39 Å². The zero-order chi connectivity index (χ0) is 15.0. The summed E-state index contributed by atoms with van der Waals surface area (Å²) in [7, 11) is 4.04. The number of ether oxygens (including phenoxy) is 1.